The third-order valence-corrected chi connectivity index (χ3v) is 2.41. The molecule has 5 heteroatoms. The molecule has 1 atom stereocenters. The average molecular weight is 241 g/mol. The van der Waals surface area contributed by atoms with Gasteiger partial charge in [-0.15, -0.1) is 0 Å². The Hall–Kier alpha value is -1.12. The molecule has 0 heterocycles. The molecule has 0 aromatic heterocycles. The zero-order valence-electron chi connectivity index (χ0n) is 11.0. The summed E-state index contributed by atoms with van der Waals surface area (Å²) < 4.78 is 4.95. The van der Waals surface area contributed by atoms with Crippen LogP contribution in [0.15, 0.2) is 0 Å². The zero-order chi connectivity index (χ0) is 13.3. The van der Waals surface area contributed by atoms with E-state index in [-0.39, 0.29) is 5.91 Å². The van der Waals surface area contributed by atoms with E-state index in [4.69, 9.17) is 15.7 Å². The van der Waals surface area contributed by atoms with Gasteiger partial charge in [-0.3, -0.25) is 4.79 Å². The highest BCUT2D eigenvalue weighted by Crippen LogP contribution is 2.06. The Kier molecular flexibility index (Phi) is 8.38. The van der Waals surface area contributed by atoms with Gasteiger partial charge in [0.2, 0.25) is 5.91 Å². The van der Waals surface area contributed by atoms with Crippen molar-refractivity contribution in [3.8, 4) is 6.07 Å². The maximum Gasteiger partial charge on any atom is 0.239 e. The molecule has 0 aliphatic carbocycles. The lowest BCUT2D eigenvalue weighted by atomic mass is 10.0. The van der Waals surface area contributed by atoms with Gasteiger partial charge in [0, 0.05) is 20.2 Å². The second-order valence-corrected chi connectivity index (χ2v) is 4.46. The van der Waals surface area contributed by atoms with Crippen LogP contribution in [-0.2, 0) is 9.53 Å². The van der Waals surface area contributed by atoms with Crippen molar-refractivity contribution in [2.75, 3.05) is 26.8 Å². The fourth-order valence-corrected chi connectivity index (χ4v) is 1.56. The first kappa shape index (κ1) is 15.9. The molecule has 0 spiro atoms. The van der Waals surface area contributed by atoms with E-state index in [1.54, 1.807) is 12.0 Å². The quantitative estimate of drug-likeness (QED) is 0.680. The molecule has 1 amide bonds. The van der Waals surface area contributed by atoms with E-state index >= 15 is 0 Å². The molecule has 0 fully saturated rings. The van der Waals surface area contributed by atoms with Crippen LogP contribution < -0.4 is 5.73 Å². The van der Waals surface area contributed by atoms with Gasteiger partial charge in [0.15, 0.2) is 0 Å². The highest BCUT2D eigenvalue weighted by molar-refractivity contribution is 5.81. The fourth-order valence-electron chi connectivity index (χ4n) is 1.56. The largest absolute Gasteiger partial charge is 0.383 e. The first-order valence-corrected chi connectivity index (χ1v) is 5.93. The minimum absolute atomic E-state index is 0.0917. The average Bonchev–Trinajstić information content (AvgIpc) is 2.27. The molecular formula is C12H23N3O2. The fraction of sp³-hybridized carbons (Fsp3) is 0.833. The van der Waals surface area contributed by atoms with Crippen molar-refractivity contribution in [3.63, 3.8) is 0 Å². The van der Waals surface area contributed by atoms with Crippen molar-refractivity contribution in [2.24, 2.45) is 11.7 Å². The van der Waals surface area contributed by atoms with E-state index in [1.807, 2.05) is 19.9 Å². The number of carbonyl (C=O) groups is 1. The van der Waals surface area contributed by atoms with Crippen LogP contribution in [0.25, 0.3) is 0 Å². The molecular weight excluding hydrogens is 218 g/mol. The Labute approximate surface area is 104 Å². The molecule has 1 unspecified atom stereocenters. The minimum atomic E-state index is -0.481. The summed E-state index contributed by atoms with van der Waals surface area (Å²) >= 11 is 0. The number of amides is 1. The minimum Gasteiger partial charge on any atom is -0.383 e. The summed E-state index contributed by atoms with van der Waals surface area (Å²) in [6.07, 6.45) is 0.985. The predicted molar refractivity (Wildman–Crippen MR) is 66.1 cm³/mol. The van der Waals surface area contributed by atoms with Crippen molar-refractivity contribution < 1.29 is 9.53 Å². The maximum atomic E-state index is 12.0. The third kappa shape index (κ3) is 6.93. The number of nitrogens with two attached hydrogens (primary N) is 1. The molecule has 0 saturated carbocycles. The summed E-state index contributed by atoms with van der Waals surface area (Å²) in [4.78, 5) is 13.6. The number of hydrogen-bond acceptors (Lipinski definition) is 4. The summed E-state index contributed by atoms with van der Waals surface area (Å²) in [6, 6.07) is 1.55. The molecule has 0 aromatic carbocycles. The summed E-state index contributed by atoms with van der Waals surface area (Å²) in [5.41, 5.74) is 5.85. The Balaban J connectivity index is 4.34. The van der Waals surface area contributed by atoms with Crippen LogP contribution in [-0.4, -0.2) is 43.7 Å². The van der Waals surface area contributed by atoms with Crippen molar-refractivity contribution in [2.45, 2.75) is 32.7 Å². The SMILES string of the molecule is COCCN(CCC#N)C(=O)C(N)CC(C)C. The number of nitrogens with zero attached hydrogens (tertiary/aromatic N) is 2. The van der Waals surface area contributed by atoms with Crippen LogP contribution in [0, 0.1) is 17.2 Å². The van der Waals surface area contributed by atoms with Crippen LogP contribution in [0.1, 0.15) is 26.7 Å². The number of rotatable bonds is 8. The van der Waals surface area contributed by atoms with Crippen LogP contribution in [0.2, 0.25) is 0 Å². The van der Waals surface area contributed by atoms with Gasteiger partial charge in [0.05, 0.1) is 25.1 Å². The van der Waals surface area contributed by atoms with Crippen molar-refractivity contribution in [1.29, 1.82) is 5.26 Å². The van der Waals surface area contributed by atoms with Gasteiger partial charge >= 0.3 is 0 Å². The summed E-state index contributed by atoms with van der Waals surface area (Å²) in [5, 5.41) is 8.56. The van der Waals surface area contributed by atoms with Gasteiger partial charge in [-0.2, -0.15) is 5.26 Å². The Morgan fingerprint density at radius 1 is 1.47 bits per heavy atom. The Morgan fingerprint density at radius 3 is 2.59 bits per heavy atom. The Morgan fingerprint density at radius 2 is 2.12 bits per heavy atom. The monoisotopic (exact) mass is 241 g/mol. The van der Waals surface area contributed by atoms with Gasteiger partial charge in [0.1, 0.15) is 0 Å². The van der Waals surface area contributed by atoms with Gasteiger partial charge in [-0.1, -0.05) is 13.8 Å². The smallest absolute Gasteiger partial charge is 0.239 e. The second kappa shape index (κ2) is 8.97. The summed E-state index contributed by atoms with van der Waals surface area (Å²) in [5.74, 6) is 0.292. The van der Waals surface area contributed by atoms with Crippen LogP contribution >= 0.6 is 0 Å². The molecule has 0 rings (SSSR count). The van der Waals surface area contributed by atoms with Crippen LogP contribution in [0.4, 0.5) is 0 Å². The topological polar surface area (TPSA) is 79.3 Å². The molecule has 17 heavy (non-hydrogen) atoms. The highest BCUT2D eigenvalue weighted by atomic mass is 16.5. The van der Waals surface area contributed by atoms with Gasteiger partial charge in [-0.05, 0) is 12.3 Å². The summed E-state index contributed by atoms with van der Waals surface area (Å²) in [7, 11) is 1.58. The molecule has 0 saturated heterocycles. The van der Waals surface area contributed by atoms with Gasteiger partial charge < -0.3 is 15.4 Å². The van der Waals surface area contributed by atoms with E-state index in [0.717, 1.165) is 0 Å². The normalized spacial score (nSPS) is 12.2. The van der Waals surface area contributed by atoms with Crippen molar-refractivity contribution >= 4 is 5.91 Å². The maximum absolute atomic E-state index is 12.0. The molecule has 0 aliphatic rings. The summed E-state index contributed by atoms with van der Waals surface area (Å²) in [6.45, 7) is 5.43. The van der Waals surface area contributed by atoms with Gasteiger partial charge in [-0.25, -0.2) is 0 Å². The molecule has 0 radical (unpaired) electrons. The lowest BCUT2D eigenvalue weighted by Gasteiger charge is -2.25. The van der Waals surface area contributed by atoms with Crippen molar-refractivity contribution in [1.82, 2.24) is 4.90 Å². The van der Waals surface area contributed by atoms with E-state index in [0.29, 0.717) is 38.5 Å². The predicted octanol–water partition coefficient (Wildman–Crippen LogP) is 0.748. The molecule has 0 aliphatic heterocycles. The van der Waals surface area contributed by atoms with E-state index in [2.05, 4.69) is 0 Å². The number of ether oxygens (including phenoxy) is 1. The molecule has 2 N–H and O–H groups in total. The van der Waals surface area contributed by atoms with E-state index in [9.17, 15) is 4.79 Å². The zero-order valence-corrected chi connectivity index (χ0v) is 11.0. The molecule has 0 aromatic rings. The van der Waals surface area contributed by atoms with Crippen LogP contribution in [0.3, 0.4) is 0 Å². The van der Waals surface area contributed by atoms with E-state index in [1.165, 1.54) is 0 Å². The third-order valence-electron chi connectivity index (χ3n) is 2.41. The lowest BCUT2D eigenvalue weighted by Crippen LogP contribution is -2.46. The van der Waals surface area contributed by atoms with Crippen LogP contribution in [0.5, 0.6) is 0 Å². The highest BCUT2D eigenvalue weighted by Gasteiger charge is 2.21. The number of hydrogen-bond donors (Lipinski definition) is 1. The first-order valence-electron chi connectivity index (χ1n) is 5.93. The Bertz CT molecular complexity index is 261. The molecule has 5 nitrogen and oxygen atoms in total. The number of methoxy groups -OCH3 is 1. The van der Waals surface area contributed by atoms with Crippen molar-refractivity contribution in [3.05, 3.63) is 0 Å². The number of carbonyl (C=O) groups excluding carboxylic acids is 1. The van der Waals surface area contributed by atoms with Gasteiger partial charge in [0.25, 0.3) is 0 Å². The lowest BCUT2D eigenvalue weighted by molar-refractivity contribution is -0.133. The first-order chi connectivity index (χ1) is 8.02. The molecule has 98 valence electrons. The molecule has 0 bridgehead atoms. The number of nitriles is 1. The van der Waals surface area contributed by atoms with E-state index < -0.39 is 6.04 Å². The standard InChI is InChI=1S/C12H23N3O2/c1-10(2)9-11(14)12(16)15(6-4-5-13)7-8-17-3/h10-11H,4,6-9,14H2,1-3H3. The second-order valence-electron chi connectivity index (χ2n) is 4.46.